The molecule has 1 aromatic carbocycles. The van der Waals surface area contributed by atoms with Gasteiger partial charge in [-0.2, -0.15) is 0 Å². The number of amides is 1. The van der Waals surface area contributed by atoms with Crippen molar-refractivity contribution in [2.45, 2.75) is 12.7 Å². The Hall–Kier alpha value is -2.65. The van der Waals surface area contributed by atoms with Gasteiger partial charge in [0, 0.05) is 29.1 Å². The lowest BCUT2D eigenvalue weighted by molar-refractivity contribution is -0.113. The zero-order valence-corrected chi connectivity index (χ0v) is 16.4. The Labute approximate surface area is 163 Å². The number of hydrogen-bond donors (Lipinski definition) is 1. The number of aryl methyl sites for hydroxylation is 1. The standard InChI is InChI=1S/C18H17N3O4S2/c1-11-3-4-12(17(24)25-2)7-14(11)20-15(22)10-26-9-13-8-16(23)21-5-6-27-18(21)19-13/h3-8H,9-10H2,1-2H3,(H,20,22). The molecule has 0 saturated heterocycles. The van der Waals surface area contributed by atoms with Gasteiger partial charge in [-0.05, 0) is 24.6 Å². The number of methoxy groups -OCH3 is 1. The van der Waals surface area contributed by atoms with Gasteiger partial charge in [0.25, 0.3) is 5.56 Å². The summed E-state index contributed by atoms with van der Waals surface area (Å²) in [7, 11) is 1.31. The van der Waals surface area contributed by atoms with Crippen LogP contribution in [0.25, 0.3) is 4.96 Å². The van der Waals surface area contributed by atoms with E-state index in [1.807, 2.05) is 6.92 Å². The normalized spacial score (nSPS) is 10.7. The van der Waals surface area contributed by atoms with Gasteiger partial charge in [-0.15, -0.1) is 23.1 Å². The predicted molar refractivity (Wildman–Crippen MR) is 107 cm³/mol. The smallest absolute Gasteiger partial charge is 0.337 e. The van der Waals surface area contributed by atoms with Crippen molar-refractivity contribution in [3.05, 3.63) is 63.0 Å². The summed E-state index contributed by atoms with van der Waals surface area (Å²) < 4.78 is 6.18. The first kappa shape index (κ1) is 19.1. The number of aromatic nitrogens is 2. The Kier molecular flexibility index (Phi) is 5.92. The predicted octanol–water partition coefficient (Wildman–Crippen LogP) is 2.72. The zero-order valence-electron chi connectivity index (χ0n) is 14.7. The van der Waals surface area contributed by atoms with Crippen molar-refractivity contribution in [2.75, 3.05) is 18.2 Å². The topological polar surface area (TPSA) is 89.8 Å². The van der Waals surface area contributed by atoms with Gasteiger partial charge in [0.05, 0.1) is 24.1 Å². The van der Waals surface area contributed by atoms with E-state index in [9.17, 15) is 14.4 Å². The molecule has 1 amide bonds. The molecule has 2 aromatic heterocycles. The van der Waals surface area contributed by atoms with E-state index < -0.39 is 5.97 Å². The molecule has 0 saturated carbocycles. The zero-order chi connectivity index (χ0) is 19.4. The van der Waals surface area contributed by atoms with Crippen LogP contribution in [0.2, 0.25) is 0 Å². The number of anilines is 1. The van der Waals surface area contributed by atoms with Crippen molar-refractivity contribution in [2.24, 2.45) is 0 Å². The second-order valence-corrected chi connectivity index (χ2v) is 7.56. The number of rotatable bonds is 6. The fourth-order valence-electron chi connectivity index (χ4n) is 2.40. The van der Waals surface area contributed by atoms with Crippen molar-refractivity contribution >= 4 is 45.6 Å². The van der Waals surface area contributed by atoms with E-state index in [0.29, 0.717) is 27.7 Å². The molecule has 0 aliphatic carbocycles. The first-order valence-electron chi connectivity index (χ1n) is 8.00. The third-order valence-corrected chi connectivity index (χ3v) is 5.49. The number of carbonyl (C=O) groups excluding carboxylic acids is 2. The number of nitrogens with zero attached hydrogens (tertiary/aromatic N) is 2. The summed E-state index contributed by atoms with van der Waals surface area (Å²) in [4.78, 5) is 40.8. The lowest BCUT2D eigenvalue weighted by Gasteiger charge is -2.10. The third-order valence-electron chi connectivity index (χ3n) is 3.77. The molecular weight excluding hydrogens is 386 g/mol. The Morgan fingerprint density at radius 1 is 1.33 bits per heavy atom. The van der Waals surface area contributed by atoms with Crippen LogP contribution < -0.4 is 10.9 Å². The van der Waals surface area contributed by atoms with Gasteiger partial charge in [0.2, 0.25) is 5.91 Å². The fourth-order valence-corrected chi connectivity index (χ4v) is 3.85. The van der Waals surface area contributed by atoms with Gasteiger partial charge in [-0.25, -0.2) is 9.78 Å². The molecule has 9 heteroatoms. The number of thiazole rings is 1. The van der Waals surface area contributed by atoms with Gasteiger partial charge in [0.15, 0.2) is 4.96 Å². The summed E-state index contributed by atoms with van der Waals surface area (Å²) in [5, 5.41) is 4.61. The number of hydrogen-bond acceptors (Lipinski definition) is 7. The van der Waals surface area contributed by atoms with Crippen molar-refractivity contribution in [1.29, 1.82) is 0 Å². The molecule has 0 bridgehead atoms. The second-order valence-electron chi connectivity index (χ2n) is 5.70. The molecule has 27 heavy (non-hydrogen) atoms. The Bertz CT molecular complexity index is 1060. The highest BCUT2D eigenvalue weighted by molar-refractivity contribution is 7.99. The van der Waals surface area contributed by atoms with E-state index in [4.69, 9.17) is 4.74 Å². The molecule has 7 nitrogen and oxygen atoms in total. The number of fused-ring (bicyclic) bond motifs is 1. The first-order chi connectivity index (χ1) is 13.0. The van der Waals surface area contributed by atoms with Crippen LogP contribution in [-0.4, -0.2) is 34.1 Å². The number of esters is 1. The van der Waals surface area contributed by atoms with E-state index in [0.717, 1.165) is 5.56 Å². The molecule has 0 radical (unpaired) electrons. The Morgan fingerprint density at radius 2 is 2.15 bits per heavy atom. The van der Waals surface area contributed by atoms with Gasteiger partial charge >= 0.3 is 5.97 Å². The summed E-state index contributed by atoms with van der Waals surface area (Å²) in [6.45, 7) is 1.84. The van der Waals surface area contributed by atoms with E-state index in [2.05, 4.69) is 10.3 Å². The average molecular weight is 403 g/mol. The van der Waals surface area contributed by atoms with Crippen LogP contribution in [0, 0.1) is 6.92 Å². The second kappa shape index (κ2) is 8.36. The maximum absolute atomic E-state index is 12.2. The van der Waals surface area contributed by atoms with Crippen molar-refractivity contribution < 1.29 is 14.3 Å². The van der Waals surface area contributed by atoms with Gasteiger partial charge in [0.1, 0.15) is 0 Å². The molecule has 0 unspecified atom stereocenters. The van der Waals surface area contributed by atoms with Crippen molar-refractivity contribution in [1.82, 2.24) is 9.38 Å². The number of nitrogens with one attached hydrogen (secondary N) is 1. The van der Waals surface area contributed by atoms with Crippen LogP contribution in [-0.2, 0) is 15.3 Å². The van der Waals surface area contributed by atoms with Crippen LogP contribution in [0.15, 0.2) is 40.6 Å². The molecule has 0 aliphatic heterocycles. The van der Waals surface area contributed by atoms with Gasteiger partial charge in [-0.1, -0.05) is 6.07 Å². The molecular formula is C18H17N3O4S2. The van der Waals surface area contributed by atoms with E-state index in [-0.39, 0.29) is 17.2 Å². The monoisotopic (exact) mass is 403 g/mol. The van der Waals surface area contributed by atoms with Crippen LogP contribution in [0.4, 0.5) is 5.69 Å². The Balaban J connectivity index is 1.59. The quantitative estimate of drug-likeness (QED) is 0.637. The molecule has 3 rings (SSSR count). The van der Waals surface area contributed by atoms with E-state index in [1.165, 1.54) is 40.7 Å². The molecule has 0 spiro atoms. The number of benzene rings is 1. The number of ether oxygens (including phenoxy) is 1. The minimum Gasteiger partial charge on any atom is -0.465 e. The molecule has 140 valence electrons. The maximum Gasteiger partial charge on any atom is 0.337 e. The van der Waals surface area contributed by atoms with Crippen LogP contribution in [0.3, 0.4) is 0 Å². The van der Waals surface area contributed by atoms with Crippen molar-refractivity contribution in [3.8, 4) is 0 Å². The number of thioether (sulfide) groups is 1. The lowest BCUT2D eigenvalue weighted by Crippen LogP contribution is -2.16. The van der Waals surface area contributed by atoms with Crippen LogP contribution >= 0.6 is 23.1 Å². The summed E-state index contributed by atoms with van der Waals surface area (Å²) in [5.74, 6) is 0.00581. The Morgan fingerprint density at radius 3 is 2.93 bits per heavy atom. The molecule has 0 atom stereocenters. The largest absolute Gasteiger partial charge is 0.465 e. The highest BCUT2D eigenvalue weighted by Crippen LogP contribution is 2.19. The third kappa shape index (κ3) is 4.55. The van der Waals surface area contributed by atoms with E-state index in [1.54, 1.807) is 29.8 Å². The summed E-state index contributed by atoms with van der Waals surface area (Å²) >= 11 is 2.75. The minimum atomic E-state index is -0.457. The SMILES string of the molecule is COC(=O)c1ccc(C)c(NC(=O)CSCc2cc(=O)n3ccsc3n2)c1. The summed E-state index contributed by atoms with van der Waals surface area (Å²) in [6, 6.07) is 6.48. The molecule has 2 heterocycles. The van der Waals surface area contributed by atoms with Gasteiger partial charge < -0.3 is 10.1 Å². The molecule has 1 N–H and O–H groups in total. The molecule has 3 aromatic rings. The van der Waals surface area contributed by atoms with Crippen molar-refractivity contribution in [3.63, 3.8) is 0 Å². The highest BCUT2D eigenvalue weighted by Gasteiger charge is 2.11. The van der Waals surface area contributed by atoms with Gasteiger partial charge in [-0.3, -0.25) is 14.0 Å². The fraction of sp³-hybridized carbons (Fsp3) is 0.222. The van der Waals surface area contributed by atoms with Crippen LogP contribution in [0.1, 0.15) is 21.6 Å². The first-order valence-corrected chi connectivity index (χ1v) is 10.0. The van der Waals surface area contributed by atoms with E-state index >= 15 is 0 Å². The summed E-state index contributed by atoms with van der Waals surface area (Å²) in [6.07, 6.45) is 1.68. The summed E-state index contributed by atoms with van der Waals surface area (Å²) in [5.41, 5.74) is 2.30. The maximum atomic E-state index is 12.2. The molecule has 0 fully saturated rings. The minimum absolute atomic E-state index is 0.128. The average Bonchev–Trinajstić information content (AvgIpc) is 3.12. The van der Waals surface area contributed by atoms with Crippen LogP contribution in [0.5, 0.6) is 0 Å². The molecule has 0 aliphatic rings. The highest BCUT2D eigenvalue weighted by atomic mass is 32.2. The number of carbonyl (C=O) groups is 2. The lowest BCUT2D eigenvalue weighted by atomic mass is 10.1.